The summed E-state index contributed by atoms with van der Waals surface area (Å²) in [5.74, 6) is 0.0747. The summed E-state index contributed by atoms with van der Waals surface area (Å²) in [4.78, 5) is 16.2. The van der Waals surface area contributed by atoms with Crippen molar-refractivity contribution < 1.29 is 9.90 Å². The molecule has 0 aliphatic carbocycles. The number of benzene rings is 2. The average Bonchev–Trinajstić information content (AvgIpc) is 2.51. The minimum absolute atomic E-state index is 0.185. The highest BCUT2D eigenvalue weighted by molar-refractivity contribution is 6.06. The first-order valence-corrected chi connectivity index (χ1v) is 6.59. The van der Waals surface area contributed by atoms with Gasteiger partial charge in [-0.15, -0.1) is 0 Å². The van der Waals surface area contributed by atoms with Crippen LogP contribution in [0.5, 0.6) is 5.75 Å². The Hall–Kier alpha value is -2.88. The highest BCUT2D eigenvalue weighted by Crippen LogP contribution is 2.27. The predicted molar refractivity (Wildman–Crippen MR) is 82.5 cm³/mol. The van der Waals surface area contributed by atoms with E-state index >= 15 is 0 Å². The molecule has 1 amide bonds. The van der Waals surface area contributed by atoms with Crippen molar-refractivity contribution in [1.82, 2.24) is 4.98 Å². The van der Waals surface area contributed by atoms with E-state index in [1.165, 1.54) is 0 Å². The van der Waals surface area contributed by atoms with E-state index < -0.39 is 0 Å². The van der Waals surface area contributed by atoms with Gasteiger partial charge in [-0.3, -0.25) is 9.78 Å². The van der Waals surface area contributed by atoms with Gasteiger partial charge in [0.2, 0.25) is 0 Å². The molecule has 0 atom stereocenters. The second-order valence-corrected chi connectivity index (χ2v) is 4.84. The van der Waals surface area contributed by atoms with Crippen LogP contribution in [0.3, 0.4) is 0 Å². The molecule has 3 rings (SSSR count). The van der Waals surface area contributed by atoms with E-state index in [-0.39, 0.29) is 11.7 Å². The summed E-state index contributed by atoms with van der Waals surface area (Å²) in [6.07, 6.45) is 3.25. The molecule has 21 heavy (non-hydrogen) atoms. The maximum absolute atomic E-state index is 12.2. The van der Waals surface area contributed by atoms with Crippen molar-refractivity contribution in [2.24, 2.45) is 0 Å². The normalized spacial score (nSPS) is 10.5. The monoisotopic (exact) mass is 278 g/mol. The molecule has 104 valence electrons. The van der Waals surface area contributed by atoms with Gasteiger partial charge in [-0.25, -0.2) is 0 Å². The predicted octanol–water partition coefficient (Wildman–Crippen LogP) is 3.50. The molecular weight excluding hydrogens is 264 g/mol. The van der Waals surface area contributed by atoms with E-state index in [1.54, 1.807) is 42.7 Å². The van der Waals surface area contributed by atoms with Gasteiger partial charge in [0.25, 0.3) is 5.91 Å². The minimum Gasteiger partial charge on any atom is -0.508 e. The highest BCUT2D eigenvalue weighted by Gasteiger charge is 2.09. The largest absolute Gasteiger partial charge is 0.508 e. The van der Waals surface area contributed by atoms with Crippen molar-refractivity contribution in [2.45, 2.75) is 6.92 Å². The third-order valence-electron chi connectivity index (χ3n) is 3.44. The number of carbonyl (C=O) groups excluding carboxylic acids is 1. The zero-order valence-electron chi connectivity index (χ0n) is 11.5. The van der Waals surface area contributed by atoms with Gasteiger partial charge in [-0.05, 0) is 53.6 Å². The van der Waals surface area contributed by atoms with Crippen LogP contribution in [-0.2, 0) is 0 Å². The van der Waals surface area contributed by atoms with Crippen molar-refractivity contribution in [3.05, 3.63) is 66.0 Å². The number of aromatic nitrogens is 1. The fourth-order valence-electron chi connectivity index (χ4n) is 2.26. The number of fused-ring (bicyclic) bond motifs is 1. The van der Waals surface area contributed by atoms with Crippen molar-refractivity contribution in [3.63, 3.8) is 0 Å². The first kappa shape index (κ1) is 13.1. The first-order valence-electron chi connectivity index (χ1n) is 6.59. The maximum Gasteiger partial charge on any atom is 0.255 e. The van der Waals surface area contributed by atoms with Gasteiger partial charge >= 0.3 is 0 Å². The quantitative estimate of drug-likeness (QED) is 0.754. The molecule has 0 aliphatic rings. The lowest BCUT2D eigenvalue weighted by molar-refractivity contribution is 0.102. The van der Waals surface area contributed by atoms with Crippen LogP contribution in [0.1, 0.15) is 15.9 Å². The van der Waals surface area contributed by atoms with Gasteiger partial charge in [0.05, 0.1) is 11.9 Å². The Labute approximate surface area is 122 Å². The van der Waals surface area contributed by atoms with Gasteiger partial charge in [0, 0.05) is 11.8 Å². The first-order chi connectivity index (χ1) is 10.1. The second kappa shape index (κ2) is 5.25. The standard InChI is InChI=1S/C17H14N2O2/c1-11-15-6-4-13(9-12(15)5-7-16(11)20)17(21)19-14-3-2-8-18-10-14/h2-10,20H,1H3,(H,19,21). The van der Waals surface area contributed by atoms with Crippen LogP contribution < -0.4 is 5.32 Å². The molecule has 0 aliphatic heterocycles. The number of carbonyl (C=O) groups is 1. The summed E-state index contributed by atoms with van der Waals surface area (Å²) in [7, 11) is 0. The Kier molecular flexibility index (Phi) is 3.28. The lowest BCUT2D eigenvalue weighted by atomic mass is 10.0. The number of anilines is 1. The number of phenolic OH excluding ortho intramolecular Hbond substituents is 1. The minimum atomic E-state index is -0.185. The van der Waals surface area contributed by atoms with Gasteiger partial charge < -0.3 is 10.4 Å². The number of phenols is 1. The van der Waals surface area contributed by atoms with Crippen LogP contribution in [-0.4, -0.2) is 16.0 Å². The van der Waals surface area contributed by atoms with Gasteiger partial charge in [-0.2, -0.15) is 0 Å². The zero-order chi connectivity index (χ0) is 14.8. The van der Waals surface area contributed by atoms with E-state index in [0.717, 1.165) is 16.3 Å². The highest BCUT2D eigenvalue weighted by atomic mass is 16.3. The van der Waals surface area contributed by atoms with Crippen LogP contribution in [0.15, 0.2) is 54.9 Å². The Morgan fingerprint density at radius 2 is 2.05 bits per heavy atom. The lowest BCUT2D eigenvalue weighted by Crippen LogP contribution is -2.11. The summed E-state index contributed by atoms with van der Waals surface area (Å²) < 4.78 is 0. The Morgan fingerprint density at radius 1 is 1.19 bits per heavy atom. The molecule has 0 saturated heterocycles. The van der Waals surface area contributed by atoms with Gasteiger partial charge in [-0.1, -0.05) is 12.1 Å². The van der Waals surface area contributed by atoms with E-state index in [2.05, 4.69) is 10.3 Å². The van der Waals surface area contributed by atoms with Crippen molar-refractivity contribution in [1.29, 1.82) is 0 Å². The lowest BCUT2D eigenvalue weighted by Gasteiger charge is -2.08. The average molecular weight is 278 g/mol. The molecule has 1 aromatic heterocycles. The number of hydrogen-bond donors (Lipinski definition) is 2. The third-order valence-corrected chi connectivity index (χ3v) is 3.44. The van der Waals surface area contributed by atoms with Crippen LogP contribution in [0.25, 0.3) is 10.8 Å². The molecule has 4 nitrogen and oxygen atoms in total. The fourth-order valence-corrected chi connectivity index (χ4v) is 2.26. The van der Waals surface area contributed by atoms with Crippen LogP contribution in [0.4, 0.5) is 5.69 Å². The number of aromatic hydroxyl groups is 1. The van der Waals surface area contributed by atoms with Crippen LogP contribution in [0, 0.1) is 6.92 Å². The van der Waals surface area contributed by atoms with E-state index in [0.29, 0.717) is 11.3 Å². The second-order valence-electron chi connectivity index (χ2n) is 4.84. The Balaban J connectivity index is 1.94. The Morgan fingerprint density at radius 3 is 2.81 bits per heavy atom. The van der Waals surface area contributed by atoms with Crippen LogP contribution >= 0.6 is 0 Å². The fraction of sp³-hybridized carbons (Fsp3) is 0.0588. The summed E-state index contributed by atoms with van der Waals surface area (Å²) in [6.45, 7) is 1.85. The number of pyridine rings is 1. The van der Waals surface area contributed by atoms with Gasteiger partial charge in [0.1, 0.15) is 5.75 Å². The van der Waals surface area contributed by atoms with E-state index in [9.17, 15) is 9.90 Å². The van der Waals surface area contributed by atoms with E-state index in [1.807, 2.05) is 19.1 Å². The summed E-state index contributed by atoms with van der Waals surface area (Å²) in [5.41, 5.74) is 2.03. The number of rotatable bonds is 2. The smallest absolute Gasteiger partial charge is 0.255 e. The molecule has 0 bridgehead atoms. The van der Waals surface area contributed by atoms with Crippen molar-refractivity contribution in [2.75, 3.05) is 5.32 Å². The number of amides is 1. The van der Waals surface area contributed by atoms with Crippen molar-refractivity contribution in [3.8, 4) is 5.75 Å². The zero-order valence-corrected chi connectivity index (χ0v) is 11.5. The Bertz CT molecular complexity index is 814. The third kappa shape index (κ3) is 2.56. The molecule has 3 aromatic rings. The van der Waals surface area contributed by atoms with E-state index in [4.69, 9.17) is 0 Å². The number of aryl methyl sites for hydroxylation is 1. The molecular formula is C17H14N2O2. The number of hydrogen-bond acceptors (Lipinski definition) is 3. The summed E-state index contributed by atoms with van der Waals surface area (Å²) >= 11 is 0. The SMILES string of the molecule is Cc1c(O)ccc2cc(C(=O)Nc3cccnc3)ccc12. The van der Waals surface area contributed by atoms with Crippen molar-refractivity contribution >= 4 is 22.4 Å². The maximum atomic E-state index is 12.2. The summed E-state index contributed by atoms with van der Waals surface area (Å²) in [5, 5.41) is 14.4. The van der Waals surface area contributed by atoms with Gasteiger partial charge in [0.15, 0.2) is 0 Å². The summed E-state index contributed by atoms with van der Waals surface area (Å²) in [6, 6.07) is 12.4. The molecule has 0 unspecified atom stereocenters. The molecule has 0 fully saturated rings. The molecule has 0 saturated carbocycles. The topological polar surface area (TPSA) is 62.2 Å². The number of nitrogens with zero attached hydrogens (tertiary/aromatic N) is 1. The number of nitrogens with one attached hydrogen (secondary N) is 1. The molecule has 4 heteroatoms. The molecule has 0 spiro atoms. The molecule has 2 aromatic carbocycles. The molecule has 1 heterocycles. The molecule has 2 N–H and O–H groups in total. The van der Waals surface area contributed by atoms with Crippen LogP contribution in [0.2, 0.25) is 0 Å². The molecule has 0 radical (unpaired) electrons.